The summed E-state index contributed by atoms with van der Waals surface area (Å²) >= 11 is 0. The number of amides is 1. The SMILES string of the molecule is CCCC1(C(=O)O)CCN(C(=O)C(C)(CC)OC)C1. The Bertz CT molecular complexity index is 351. The average Bonchev–Trinajstić information content (AvgIpc) is 2.83. The predicted octanol–water partition coefficient (Wildman–Crippen LogP) is 1.90. The minimum Gasteiger partial charge on any atom is -0.481 e. The number of carbonyl (C=O) groups is 2. The lowest BCUT2D eigenvalue weighted by Crippen LogP contribution is -2.48. The Kier molecular flexibility index (Phi) is 4.96. The van der Waals surface area contributed by atoms with Crippen LogP contribution in [0.25, 0.3) is 0 Å². The summed E-state index contributed by atoms with van der Waals surface area (Å²) in [5.41, 5.74) is -1.62. The first-order valence-corrected chi connectivity index (χ1v) is 6.93. The number of carboxylic acid groups (broad SMARTS) is 1. The van der Waals surface area contributed by atoms with Crippen molar-refractivity contribution in [2.45, 2.75) is 52.1 Å². The lowest BCUT2D eigenvalue weighted by Gasteiger charge is -2.31. The summed E-state index contributed by atoms with van der Waals surface area (Å²) in [6.45, 7) is 6.43. The van der Waals surface area contributed by atoms with Gasteiger partial charge in [0.05, 0.1) is 5.41 Å². The Morgan fingerprint density at radius 2 is 2.05 bits per heavy atom. The Morgan fingerprint density at radius 3 is 2.47 bits per heavy atom. The lowest BCUT2D eigenvalue weighted by molar-refractivity contribution is -0.154. The van der Waals surface area contributed by atoms with Gasteiger partial charge in [0.15, 0.2) is 0 Å². The van der Waals surface area contributed by atoms with Crippen molar-refractivity contribution in [3.63, 3.8) is 0 Å². The van der Waals surface area contributed by atoms with E-state index in [9.17, 15) is 14.7 Å². The van der Waals surface area contributed by atoms with E-state index in [1.807, 2.05) is 13.8 Å². The maximum Gasteiger partial charge on any atom is 0.311 e. The zero-order chi connectivity index (χ0) is 14.7. The number of carboxylic acids is 1. The third kappa shape index (κ3) is 2.91. The van der Waals surface area contributed by atoms with Crippen LogP contribution in [-0.2, 0) is 14.3 Å². The zero-order valence-electron chi connectivity index (χ0n) is 12.4. The summed E-state index contributed by atoms with van der Waals surface area (Å²) < 4.78 is 5.31. The molecule has 0 aromatic rings. The number of nitrogens with zero attached hydrogens (tertiary/aromatic N) is 1. The molecule has 0 saturated carbocycles. The van der Waals surface area contributed by atoms with Gasteiger partial charge in [-0.2, -0.15) is 0 Å². The molecule has 1 aliphatic rings. The van der Waals surface area contributed by atoms with E-state index in [2.05, 4.69) is 0 Å². The molecule has 1 heterocycles. The first-order valence-electron chi connectivity index (χ1n) is 6.93. The highest BCUT2D eigenvalue weighted by atomic mass is 16.5. The van der Waals surface area contributed by atoms with Gasteiger partial charge in [-0.1, -0.05) is 20.3 Å². The van der Waals surface area contributed by atoms with Crippen LogP contribution in [0.1, 0.15) is 46.5 Å². The molecule has 2 unspecified atom stereocenters. The van der Waals surface area contributed by atoms with E-state index in [0.29, 0.717) is 32.4 Å². The monoisotopic (exact) mass is 271 g/mol. The lowest BCUT2D eigenvalue weighted by atomic mass is 9.82. The molecule has 19 heavy (non-hydrogen) atoms. The molecule has 5 nitrogen and oxygen atoms in total. The van der Waals surface area contributed by atoms with Gasteiger partial charge in [-0.25, -0.2) is 0 Å². The number of likely N-dealkylation sites (tertiary alicyclic amines) is 1. The third-order valence-electron chi connectivity index (χ3n) is 4.40. The number of hydrogen-bond donors (Lipinski definition) is 1. The van der Waals surface area contributed by atoms with Crippen LogP contribution in [-0.4, -0.2) is 47.7 Å². The fourth-order valence-corrected chi connectivity index (χ4v) is 2.73. The normalized spacial score (nSPS) is 26.2. The fraction of sp³-hybridized carbons (Fsp3) is 0.857. The second-order valence-electron chi connectivity index (χ2n) is 5.60. The molecular formula is C14H25NO4. The largest absolute Gasteiger partial charge is 0.481 e. The first kappa shape index (κ1) is 16.0. The average molecular weight is 271 g/mol. The third-order valence-corrected chi connectivity index (χ3v) is 4.40. The quantitative estimate of drug-likeness (QED) is 0.801. The predicted molar refractivity (Wildman–Crippen MR) is 71.9 cm³/mol. The highest BCUT2D eigenvalue weighted by Crippen LogP contribution is 2.37. The number of hydrogen-bond acceptors (Lipinski definition) is 3. The highest BCUT2D eigenvalue weighted by Gasteiger charge is 2.48. The van der Waals surface area contributed by atoms with E-state index in [4.69, 9.17) is 4.74 Å². The van der Waals surface area contributed by atoms with Crippen molar-refractivity contribution in [2.24, 2.45) is 5.41 Å². The Morgan fingerprint density at radius 1 is 1.42 bits per heavy atom. The van der Waals surface area contributed by atoms with Crippen LogP contribution < -0.4 is 0 Å². The standard InChI is InChI=1S/C14H25NO4/c1-5-7-14(12(17)18)8-9-15(10-14)11(16)13(3,6-2)19-4/h5-10H2,1-4H3,(H,17,18). The van der Waals surface area contributed by atoms with Gasteiger partial charge in [-0.15, -0.1) is 0 Å². The molecule has 0 aliphatic carbocycles. The van der Waals surface area contributed by atoms with Crippen LogP contribution >= 0.6 is 0 Å². The maximum absolute atomic E-state index is 12.5. The van der Waals surface area contributed by atoms with Crippen LogP contribution in [0.3, 0.4) is 0 Å². The first-order chi connectivity index (χ1) is 8.85. The van der Waals surface area contributed by atoms with Crippen LogP contribution in [0.4, 0.5) is 0 Å². The Hall–Kier alpha value is -1.10. The van der Waals surface area contributed by atoms with E-state index >= 15 is 0 Å². The summed E-state index contributed by atoms with van der Waals surface area (Å²) in [6.07, 6.45) is 2.53. The van der Waals surface area contributed by atoms with Crippen LogP contribution in [0, 0.1) is 5.41 Å². The number of methoxy groups -OCH3 is 1. The molecule has 1 saturated heterocycles. The maximum atomic E-state index is 12.5. The molecule has 110 valence electrons. The summed E-state index contributed by atoms with van der Waals surface area (Å²) in [6, 6.07) is 0. The molecule has 0 radical (unpaired) electrons. The topological polar surface area (TPSA) is 66.8 Å². The zero-order valence-corrected chi connectivity index (χ0v) is 12.4. The molecular weight excluding hydrogens is 246 g/mol. The highest BCUT2D eigenvalue weighted by molar-refractivity contribution is 5.86. The van der Waals surface area contributed by atoms with Crippen LogP contribution in [0.15, 0.2) is 0 Å². The fourth-order valence-electron chi connectivity index (χ4n) is 2.73. The van der Waals surface area contributed by atoms with Crippen molar-refractivity contribution in [1.82, 2.24) is 4.90 Å². The smallest absolute Gasteiger partial charge is 0.311 e. The van der Waals surface area contributed by atoms with E-state index in [-0.39, 0.29) is 5.91 Å². The van der Waals surface area contributed by atoms with Crippen molar-refractivity contribution in [3.05, 3.63) is 0 Å². The molecule has 1 rings (SSSR count). The van der Waals surface area contributed by atoms with Gasteiger partial charge in [0.2, 0.25) is 0 Å². The minimum absolute atomic E-state index is 0.100. The van der Waals surface area contributed by atoms with Crippen molar-refractivity contribution in [1.29, 1.82) is 0 Å². The van der Waals surface area contributed by atoms with E-state index in [1.165, 1.54) is 7.11 Å². The molecule has 2 atom stereocenters. The number of carbonyl (C=O) groups excluding carboxylic acids is 1. The summed E-state index contributed by atoms with van der Waals surface area (Å²) in [4.78, 5) is 25.6. The number of aliphatic carboxylic acids is 1. The van der Waals surface area contributed by atoms with Gasteiger partial charge in [-0.3, -0.25) is 9.59 Å². The van der Waals surface area contributed by atoms with E-state index in [0.717, 1.165) is 6.42 Å². The molecule has 1 aliphatic heterocycles. The van der Waals surface area contributed by atoms with Gasteiger partial charge in [0.25, 0.3) is 5.91 Å². The molecule has 0 bridgehead atoms. The van der Waals surface area contributed by atoms with Gasteiger partial charge in [0.1, 0.15) is 5.60 Å². The molecule has 0 spiro atoms. The van der Waals surface area contributed by atoms with Gasteiger partial charge < -0.3 is 14.7 Å². The van der Waals surface area contributed by atoms with Gasteiger partial charge >= 0.3 is 5.97 Å². The summed E-state index contributed by atoms with van der Waals surface area (Å²) in [5, 5.41) is 9.44. The second kappa shape index (κ2) is 5.90. The summed E-state index contributed by atoms with van der Waals surface area (Å²) in [7, 11) is 1.52. The minimum atomic E-state index is -0.846. The molecule has 1 amide bonds. The van der Waals surface area contributed by atoms with Crippen molar-refractivity contribution >= 4 is 11.9 Å². The Balaban J connectivity index is 2.85. The van der Waals surface area contributed by atoms with Gasteiger partial charge in [-0.05, 0) is 26.2 Å². The van der Waals surface area contributed by atoms with Crippen LogP contribution in [0.2, 0.25) is 0 Å². The van der Waals surface area contributed by atoms with Crippen LogP contribution in [0.5, 0.6) is 0 Å². The van der Waals surface area contributed by atoms with Crippen molar-refractivity contribution in [2.75, 3.05) is 20.2 Å². The Labute approximate surface area is 114 Å². The second-order valence-corrected chi connectivity index (χ2v) is 5.60. The number of rotatable bonds is 6. The molecule has 1 N–H and O–H groups in total. The molecule has 0 aromatic heterocycles. The molecule has 1 fully saturated rings. The van der Waals surface area contributed by atoms with Gasteiger partial charge in [0, 0.05) is 20.2 Å². The van der Waals surface area contributed by atoms with Crippen molar-refractivity contribution in [3.8, 4) is 0 Å². The van der Waals surface area contributed by atoms with Crippen molar-refractivity contribution < 1.29 is 19.4 Å². The summed E-state index contributed by atoms with van der Waals surface area (Å²) in [5.74, 6) is -0.892. The molecule has 5 heteroatoms. The molecule has 0 aromatic carbocycles. The van der Waals surface area contributed by atoms with E-state index in [1.54, 1.807) is 11.8 Å². The van der Waals surface area contributed by atoms with E-state index < -0.39 is 17.0 Å². The number of ether oxygens (including phenoxy) is 1.